The van der Waals surface area contributed by atoms with Crippen molar-refractivity contribution in [1.82, 2.24) is 0 Å². The van der Waals surface area contributed by atoms with Gasteiger partial charge in [-0.2, -0.15) is 0 Å². The van der Waals surface area contributed by atoms with Gasteiger partial charge in [-0.05, 0) is 89.9 Å². The van der Waals surface area contributed by atoms with E-state index in [4.69, 9.17) is 14.2 Å². The van der Waals surface area contributed by atoms with Crippen molar-refractivity contribution in [3.05, 3.63) is 72.9 Å². The highest BCUT2D eigenvalue weighted by Crippen LogP contribution is 2.16. The molecule has 0 fully saturated rings. The first-order valence-corrected chi connectivity index (χ1v) is 30.9. The molecule has 0 aromatic heterocycles. The Hall–Kier alpha value is -3.15. The van der Waals surface area contributed by atoms with Crippen molar-refractivity contribution in [2.75, 3.05) is 13.2 Å². The van der Waals surface area contributed by atoms with Crippen LogP contribution in [-0.2, 0) is 28.6 Å². The molecule has 0 aromatic carbocycles. The number of ether oxygens (including phenoxy) is 3. The standard InChI is InChI=1S/C66H116O6/c1-4-7-10-13-16-19-22-25-28-29-30-31-32-33-34-35-36-37-39-41-44-47-50-53-56-59-65(68)71-62-63(61-70-64(67)58-55-52-49-46-43-40-27-24-21-18-15-12-9-6-3)72-66(69)60-57-54-51-48-45-42-38-26-23-20-17-14-11-8-5-2/h7,10,16,19,24-25,27-28,30-31,33-34,63H,4-6,8-9,11-15,17-18,20-23,26,29,32,35-62H2,1-3H3/b10-7-,19-16-,27-24-,28-25-,31-30-,34-33-. The van der Waals surface area contributed by atoms with Crippen molar-refractivity contribution < 1.29 is 28.6 Å². The normalized spacial score (nSPS) is 12.5. The summed E-state index contributed by atoms with van der Waals surface area (Å²) < 4.78 is 16.9. The van der Waals surface area contributed by atoms with E-state index in [1.807, 2.05) is 0 Å². The molecular weight excluding hydrogens is 889 g/mol. The second-order valence-corrected chi connectivity index (χ2v) is 20.6. The van der Waals surface area contributed by atoms with Crippen LogP contribution >= 0.6 is 0 Å². The van der Waals surface area contributed by atoms with Crippen LogP contribution in [0.3, 0.4) is 0 Å². The van der Waals surface area contributed by atoms with Gasteiger partial charge in [0, 0.05) is 19.3 Å². The Morgan fingerprint density at radius 1 is 0.292 bits per heavy atom. The van der Waals surface area contributed by atoms with Crippen LogP contribution in [0.2, 0.25) is 0 Å². The number of hydrogen-bond donors (Lipinski definition) is 0. The average molecular weight is 1010 g/mol. The lowest BCUT2D eigenvalue weighted by molar-refractivity contribution is -0.167. The fourth-order valence-corrected chi connectivity index (χ4v) is 8.82. The maximum Gasteiger partial charge on any atom is 0.306 e. The lowest BCUT2D eigenvalue weighted by atomic mass is 10.0. The van der Waals surface area contributed by atoms with Gasteiger partial charge in [0.25, 0.3) is 0 Å². The van der Waals surface area contributed by atoms with E-state index >= 15 is 0 Å². The van der Waals surface area contributed by atoms with Gasteiger partial charge in [0.2, 0.25) is 0 Å². The topological polar surface area (TPSA) is 78.9 Å². The second-order valence-electron chi connectivity index (χ2n) is 20.6. The van der Waals surface area contributed by atoms with Gasteiger partial charge in [-0.25, -0.2) is 0 Å². The molecule has 416 valence electrons. The number of hydrogen-bond acceptors (Lipinski definition) is 6. The van der Waals surface area contributed by atoms with Crippen molar-refractivity contribution >= 4 is 17.9 Å². The van der Waals surface area contributed by atoms with Crippen LogP contribution in [0.25, 0.3) is 0 Å². The molecule has 0 N–H and O–H groups in total. The summed E-state index contributed by atoms with van der Waals surface area (Å²) in [6.45, 7) is 6.54. The monoisotopic (exact) mass is 1000 g/mol. The van der Waals surface area contributed by atoms with E-state index in [2.05, 4.69) is 93.7 Å². The summed E-state index contributed by atoms with van der Waals surface area (Å²) >= 11 is 0. The molecule has 0 bridgehead atoms. The van der Waals surface area contributed by atoms with Crippen LogP contribution in [0.5, 0.6) is 0 Å². The lowest BCUT2D eigenvalue weighted by Gasteiger charge is -2.18. The van der Waals surface area contributed by atoms with Crippen LogP contribution in [0.15, 0.2) is 72.9 Å². The number of esters is 3. The summed E-state index contributed by atoms with van der Waals surface area (Å²) in [5.74, 6) is -0.878. The fraction of sp³-hybridized carbons (Fsp3) is 0.773. The van der Waals surface area contributed by atoms with E-state index in [1.54, 1.807) is 0 Å². The SMILES string of the molecule is CC/C=C\C/C=C\C/C=C\C/C=C\C/C=C\CCCCCCCCCCCC(=O)OCC(COC(=O)CCCCCCC/C=C\CCCCCCC)OC(=O)CCCCCCCCCCCCCCCCC. The molecule has 0 heterocycles. The van der Waals surface area contributed by atoms with Gasteiger partial charge in [0.1, 0.15) is 13.2 Å². The van der Waals surface area contributed by atoms with Crippen molar-refractivity contribution in [2.45, 2.75) is 316 Å². The van der Waals surface area contributed by atoms with Gasteiger partial charge < -0.3 is 14.2 Å². The number of carbonyl (C=O) groups excluding carboxylic acids is 3. The first-order chi connectivity index (χ1) is 35.5. The number of rotatable bonds is 56. The van der Waals surface area contributed by atoms with E-state index in [1.165, 1.54) is 167 Å². The number of carbonyl (C=O) groups is 3. The van der Waals surface area contributed by atoms with Crippen molar-refractivity contribution in [3.63, 3.8) is 0 Å². The van der Waals surface area contributed by atoms with Gasteiger partial charge in [-0.1, -0.05) is 273 Å². The molecule has 0 radical (unpaired) electrons. The first-order valence-electron chi connectivity index (χ1n) is 30.9. The Morgan fingerprint density at radius 3 is 0.861 bits per heavy atom. The Morgan fingerprint density at radius 2 is 0.542 bits per heavy atom. The molecule has 0 saturated carbocycles. The van der Waals surface area contributed by atoms with Crippen molar-refractivity contribution in [3.8, 4) is 0 Å². The minimum Gasteiger partial charge on any atom is -0.462 e. The van der Waals surface area contributed by atoms with Gasteiger partial charge in [-0.15, -0.1) is 0 Å². The average Bonchev–Trinajstić information content (AvgIpc) is 3.38. The van der Waals surface area contributed by atoms with Gasteiger partial charge in [0.05, 0.1) is 0 Å². The lowest BCUT2D eigenvalue weighted by Crippen LogP contribution is -2.30. The maximum atomic E-state index is 12.9. The largest absolute Gasteiger partial charge is 0.462 e. The summed E-state index contributed by atoms with van der Waals surface area (Å²) in [4.78, 5) is 38.2. The molecule has 6 heteroatoms. The summed E-state index contributed by atoms with van der Waals surface area (Å²) in [6.07, 6.45) is 77.5. The second kappa shape index (κ2) is 60.4. The van der Waals surface area contributed by atoms with Crippen LogP contribution in [-0.4, -0.2) is 37.2 Å². The molecular formula is C66H116O6. The van der Waals surface area contributed by atoms with Crippen LogP contribution in [0.4, 0.5) is 0 Å². The van der Waals surface area contributed by atoms with Crippen molar-refractivity contribution in [1.29, 1.82) is 0 Å². The molecule has 0 rings (SSSR count). The quantitative estimate of drug-likeness (QED) is 0.0261. The maximum absolute atomic E-state index is 12.9. The molecule has 0 spiro atoms. The Bertz CT molecular complexity index is 1340. The number of allylic oxidation sites excluding steroid dienone is 12. The van der Waals surface area contributed by atoms with E-state index in [0.29, 0.717) is 19.3 Å². The van der Waals surface area contributed by atoms with Crippen LogP contribution in [0, 0.1) is 0 Å². The Labute approximate surface area is 446 Å². The zero-order chi connectivity index (χ0) is 52.2. The third-order valence-corrected chi connectivity index (χ3v) is 13.4. The summed E-state index contributed by atoms with van der Waals surface area (Å²) in [5.41, 5.74) is 0. The van der Waals surface area contributed by atoms with Crippen LogP contribution in [0.1, 0.15) is 310 Å². The third-order valence-electron chi connectivity index (χ3n) is 13.4. The van der Waals surface area contributed by atoms with Gasteiger partial charge in [-0.3, -0.25) is 14.4 Å². The first kappa shape index (κ1) is 68.8. The Balaban J connectivity index is 4.31. The van der Waals surface area contributed by atoms with E-state index in [0.717, 1.165) is 103 Å². The molecule has 1 atom stereocenters. The summed E-state index contributed by atoms with van der Waals surface area (Å²) in [5, 5.41) is 0. The van der Waals surface area contributed by atoms with Gasteiger partial charge in [0.15, 0.2) is 6.10 Å². The molecule has 0 amide bonds. The van der Waals surface area contributed by atoms with Crippen LogP contribution < -0.4 is 0 Å². The minimum atomic E-state index is -0.779. The highest BCUT2D eigenvalue weighted by molar-refractivity contribution is 5.71. The van der Waals surface area contributed by atoms with Gasteiger partial charge >= 0.3 is 17.9 Å². The van der Waals surface area contributed by atoms with Crippen molar-refractivity contribution in [2.24, 2.45) is 0 Å². The number of unbranched alkanes of at least 4 members (excludes halogenated alkanes) is 33. The van der Waals surface area contributed by atoms with E-state index in [-0.39, 0.29) is 31.1 Å². The Kier molecular flexibility index (Phi) is 57.8. The van der Waals surface area contributed by atoms with E-state index < -0.39 is 6.10 Å². The smallest absolute Gasteiger partial charge is 0.306 e. The van der Waals surface area contributed by atoms with E-state index in [9.17, 15) is 14.4 Å². The third kappa shape index (κ3) is 57.7. The summed E-state index contributed by atoms with van der Waals surface area (Å²) in [6, 6.07) is 0. The molecule has 72 heavy (non-hydrogen) atoms. The minimum absolute atomic E-state index is 0.0783. The zero-order valence-electron chi connectivity index (χ0n) is 47.7. The highest BCUT2D eigenvalue weighted by atomic mass is 16.6. The predicted molar refractivity (Wildman–Crippen MR) is 311 cm³/mol. The molecule has 0 aromatic rings. The molecule has 6 nitrogen and oxygen atoms in total. The molecule has 0 aliphatic heterocycles. The molecule has 0 aliphatic carbocycles. The molecule has 0 saturated heterocycles. The zero-order valence-corrected chi connectivity index (χ0v) is 47.7. The highest BCUT2D eigenvalue weighted by Gasteiger charge is 2.19. The predicted octanol–water partition coefficient (Wildman–Crippen LogP) is 20.9. The molecule has 1 unspecified atom stereocenters. The fourth-order valence-electron chi connectivity index (χ4n) is 8.82. The molecule has 0 aliphatic rings. The summed E-state index contributed by atoms with van der Waals surface area (Å²) in [7, 11) is 0.